The minimum absolute atomic E-state index is 0.161. The van der Waals surface area contributed by atoms with E-state index in [0.717, 1.165) is 25.7 Å². The van der Waals surface area contributed by atoms with Crippen LogP contribution in [0.4, 0.5) is 4.79 Å². The molecule has 30 heavy (non-hydrogen) atoms. The molecule has 0 aliphatic heterocycles. The summed E-state index contributed by atoms with van der Waals surface area (Å²) in [4.78, 5) is 40.3. The van der Waals surface area contributed by atoms with Crippen LogP contribution in [0.15, 0.2) is 0 Å². The molecule has 1 rings (SSSR count). The first kappa shape index (κ1) is 26.2. The number of ether oxygens (including phenoxy) is 3. The molecule has 0 N–H and O–H groups in total. The fraction of sp³-hybridized carbons (Fsp3) is 0.870. The van der Waals surface area contributed by atoms with Gasteiger partial charge in [0.15, 0.2) is 5.41 Å². The molecule has 0 spiro atoms. The largest absolute Gasteiger partial charge is 0.465 e. The van der Waals surface area contributed by atoms with Crippen LogP contribution in [-0.2, 0) is 23.8 Å². The lowest BCUT2D eigenvalue weighted by Gasteiger charge is -2.35. The normalized spacial score (nSPS) is 15.4. The highest BCUT2D eigenvalue weighted by molar-refractivity contribution is 6.00. The van der Waals surface area contributed by atoms with Crippen LogP contribution in [0, 0.1) is 11.3 Å². The SMILES string of the molecule is CCOC(=O)C(CCN(CC)C(=O)OC(C)(C)C)(CC1CCCCC1)C(=O)OCC. The zero-order chi connectivity index (χ0) is 22.8. The van der Waals surface area contributed by atoms with Gasteiger partial charge in [0, 0.05) is 13.1 Å². The molecule has 1 amide bonds. The van der Waals surface area contributed by atoms with Crippen molar-refractivity contribution >= 4 is 18.0 Å². The molecule has 0 aromatic carbocycles. The van der Waals surface area contributed by atoms with Gasteiger partial charge in [0.05, 0.1) is 13.2 Å². The van der Waals surface area contributed by atoms with E-state index in [9.17, 15) is 14.4 Å². The lowest BCUT2D eigenvalue weighted by Crippen LogP contribution is -2.47. The number of hydrogen-bond acceptors (Lipinski definition) is 6. The number of nitrogens with zero attached hydrogens (tertiary/aromatic N) is 1. The number of carbonyl (C=O) groups is 3. The van der Waals surface area contributed by atoms with Crippen LogP contribution < -0.4 is 0 Å². The number of esters is 2. The van der Waals surface area contributed by atoms with E-state index in [1.165, 1.54) is 11.3 Å². The predicted molar refractivity (Wildman–Crippen MR) is 115 cm³/mol. The zero-order valence-corrected chi connectivity index (χ0v) is 19.8. The van der Waals surface area contributed by atoms with E-state index in [0.29, 0.717) is 13.0 Å². The Kier molecular flexibility index (Phi) is 10.6. The van der Waals surface area contributed by atoms with Gasteiger partial charge in [-0.1, -0.05) is 32.1 Å². The summed E-state index contributed by atoms with van der Waals surface area (Å²) >= 11 is 0. The van der Waals surface area contributed by atoms with Crippen molar-refractivity contribution in [1.29, 1.82) is 0 Å². The molecule has 0 radical (unpaired) electrons. The van der Waals surface area contributed by atoms with Gasteiger partial charge in [0.25, 0.3) is 0 Å². The highest BCUT2D eigenvalue weighted by Gasteiger charge is 2.50. The summed E-state index contributed by atoms with van der Waals surface area (Å²) in [5.41, 5.74) is -2.02. The minimum atomic E-state index is -1.40. The molecular formula is C23H41NO6. The summed E-state index contributed by atoms with van der Waals surface area (Å²) in [6.45, 7) is 11.7. The highest BCUT2D eigenvalue weighted by Crippen LogP contribution is 2.39. The van der Waals surface area contributed by atoms with Gasteiger partial charge in [0.2, 0.25) is 0 Å². The van der Waals surface area contributed by atoms with Crippen molar-refractivity contribution in [1.82, 2.24) is 4.90 Å². The molecule has 0 bridgehead atoms. The van der Waals surface area contributed by atoms with E-state index >= 15 is 0 Å². The van der Waals surface area contributed by atoms with Crippen molar-refractivity contribution < 1.29 is 28.6 Å². The van der Waals surface area contributed by atoms with E-state index in [4.69, 9.17) is 14.2 Å². The number of rotatable bonds is 10. The van der Waals surface area contributed by atoms with Crippen molar-refractivity contribution in [2.24, 2.45) is 11.3 Å². The fourth-order valence-electron chi connectivity index (χ4n) is 4.01. The number of carbonyl (C=O) groups excluding carboxylic acids is 3. The molecule has 174 valence electrons. The molecule has 1 fully saturated rings. The lowest BCUT2D eigenvalue weighted by molar-refractivity contribution is -0.175. The average Bonchev–Trinajstić information content (AvgIpc) is 2.67. The maximum atomic E-state index is 13.1. The summed E-state index contributed by atoms with van der Waals surface area (Å²) in [5.74, 6) is -0.826. The molecule has 1 aliphatic carbocycles. The fourth-order valence-corrected chi connectivity index (χ4v) is 4.01. The van der Waals surface area contributed by atoms with Crippen molar-refractivity contribution in [3.8, 4) is 0 Å². The Bertz CT molecular complexity index is 545. The Hall–Kier alpha value is -1.79. The van der Waals surface area contributed by atoms with Crippen LogP contribution in [0.25, 0.3) is 0 Å². The van der Waals surface area contributed by atoms with E-state index in [1.807, 2.05) is 27.7 Å². The second kappa shape index (κ2) is 12.2. The maximum Gasteiger partial charge on any atom is 0.410 e. The summed E-state index contributed by atoms with van der Waals surface area (Å²) in [6.07, 6.45) is 5.48. The van der Waals surface area contributed by atoms with Crippen LogP contribution in [0.3, 0.4) is 0 Å². The van der Waals surface area contributed by atoms with Crippen LogP contribution in [0.2, 0.25) is 0 Å². The molecule has 0 heterocycles. The second-order valence-corrected chi connectivity index (χ2v) is 9.04. The van der Waals surface area contributed by atoms with E-state index in [-0.39, 0.29) is 32.1 Å². The first-order valence-electron chi connectivity index (χ1n) is 11.4. The van der Waals surface area contributed by atoms with E-state index < -0.39 is 29.0 Å². The molecule has 0 unspecified atom stereocenters. The average molecular weight is 428 g/mol. The first-order valence-corrected chi connectivity index (χ1v) is 11.4. The molecule has 7 nitrogen and oxygen atoms in total. The third-order valence-electron chi connectivity index (χ3n) is 5.54. The van der Waals surface area contributed by atoms with Crippen LogP contribution in [0.1, 0.15) is 86.5 Å². The Balaban J connectivity index is 3.12. The van der Waals surface area contributed by atoms with Gasteiger partial charge in [-0.2, -0.15) is 0 Å². The monoisotopic (exact) mass is 427 g/mol. The van der Waals surface area contributed by atoms with Gasteiger partial charge < -0.3 is 19.1 Å². The first-order chi connectivity index (χ1) is 14.1. The Morgan fingerprint density at radius 1 is 0.900 bits per heavy atom. The lowest BCUT2D eigenvalue weighted by atomic mass is 9.72. The number of amides is 1. The van der Waals surface area contributed by atoms with Gasteiger partial charge in [-0.3, -0.25) is 9.59 Å². The van der Waals surface area contributed by atoms with Crippen molar-refractivity contribution in [2.75, 3.05) is 26.3 Å². The molecule has 0 aromatic rings. The second-order valence-electron chi connectivity index (χ2n) is 9.04. The maximum absolute atomic E-state index is 13.1. The molecule has 1 aliphatic rings. The molecule has 0 aromatic heterocycles. The Morgan fingerprint density at radius 3 is 1.87 bits per heavy atom. The van der Waals surface area contributed by atoms with Crippen molar-refractivity contribution in [3.05, 3.63) is 0 Å². The summed E-state index contributed by atoms with van der Waals surface area (Å²) < 4.78 is 16.2. The smallest absolute Gasteiger partial charge is 0.410 e. The van der Waals surface area contributed by atoms with Crippen molar-refractivity contribution in [2.45, 2.75) is 92.1 Å². The molecular weight excluding hydrogens is 386 g/mol. The molecule has 0 atom stereocenters. The topological polar surface area (TPSA) is 82.1 Å². The van der Waals surface area contributed by atoms with Crippen LogP contribution in [0.5, 0.6) is 0 Å². The van der Waals surface area contributed by atoms with Gasteiger partial charge >= 0.3 is 18.0 Å². The third-order valence-corrected chi connectivity index (χ3v) is 5.54. The van der Waals surface area contributed by atoms with Crippen LogP contribution >= 0.6 is 0 Å². The van der Waals surface area contributed by atoms with E-state index in [2.05, 4.69) is 0 Å². The van der Waals surface area contributed by atoms with E-state index in [1.54, 1.807) is 13.8 Å². The van der Waals surface area contributed by atoms with Gasteiger partial charge in [-0.25, -0.2) is 4.79 Å². The number of hydrogen-bond donors (Lipinski definition) is 0. The van der Waals surface area contributed by atoms with Crippen molar-refractivity contribution in [3.63, 3.8) is 0 Å². The molecule has 7 heteroatoms. The summed E-state index contributed by atoms with van der Waals surface area (Å²) in [6, 6.07) is 0. The Morgan fingerprint density at radius 2 is 1.43 bits per heavy atom. The standard InChI is InChI=1S/C23H41NO6/c1-7-24(21(27)30-22(4,5)6)16-15-23(19(25)28-8-2,20(26)29-9-3)17-18-13-11-10-12-14-18/h18H,7-17H2,1-6H3. The highest BCUT2D eigenvalue weighted by atomic mass is 16.6. The molecule has 1 saturated carbocycles. The van der Waals surface area contributed by atoms with Gasteiger partial charge in [0.1, 0.15) is 5.60 Å². The third kappa shape index (κ3) is 7.80. The predicted octanol–water partition coefficient (Wildman–Crippen LogP) is 4.72. The van der Waals surface area contributed by atoms with Gasteiger partial charge in [-0.05, 0) is 60.3 Å². The quantitative estimate of drug-likeness (QED) is 0.285. The molecule has 0 saturated heterocycles. The Labute approximate surface area is 181 Å². The summed E-state index contributed by atoms with van der Waals surface area (Å²) in [7, 11) is 0. The minimum Gasteiger partial charge on any atom is -0.465 e. The zero-order valence-electron chi connectivity index (χ0n) is 19.8. The van der Waals surface area contributed by atoms with Gasteiger partial charge in [-0.15, -0.1) is 0 Å². The summed E-state index contributed by atoms with van der Waals surface area (Å²) in [5, 5.41) is 0. The van der Waals surface area contributed by atoms with Crippen LogP contribution in [-0.4, -0.2) is 54.8 Å².